The summed E-state index contributed by atoms with van der Waals surface area (Å²) in [7, 11) is 0. The molecular formula is C25H34N2O2. The van der Waals surface area contributed by atoms with E-state index in [2.05, 4.69) is 5.32 Å². The fraction of sp³-hybridized carbons (Fsp3) is 0.440. The molecule has 0 saturated heterocycles. The van der Waals surface area contributed by atoms with E-state index in [0.717, 1.165) is 29.5 Å². The van der Waals surface area contributed by atoms with Crippen LogP contribution in [0, 0.1) is 6.92 Å². The van der Waals surface area contributed by atoms with Crippen LogP contribution >= 0.6 is 0 Å². The zero-order valence-corrected chi connectivity index (χ0v) is 18.2. The number of hydrogen-bond acceptors (Lipinski definition) is 2. The van der Waals surface area contributed by atoms with Crippen LogP contribution in [0.4, 0.5) is 0 Å². The van der Waals surface area contributed by atoms with Crippen LogP contribution in [-0.2, 0) is 22.6 Å². The van der Waals surface area contributed by atoms with Crippen LogP contribution in [0.1, 0.15) is 56.7 Å². The molecule has 0 fully saturated rings. The largest absolute Gasteiger partial charge is 0.352 e. The van der Waals surface area contributed by atoms with Gasteiger partial charge in [0.1, 0.15) is 6.04 Å². The smallest absolute Gasteiger partial charge is 0.243 e. The second kappa shape index (κ2) is 11.4. The van der Waals surface area contributed by atoms with Gasteiger partial charge in [-0.2, -0.15) is 0 Å². The minimum Gasteiger partial charge on any atom is -0.352 e. The molecule has 0 aromatic heterocycles. The van der Waals surface area contributed by atoms with E-state index >= 15 is 0 Å². The summed E-state index contributed by atoms with van der Waals surface area (Å²) in [5.74, 6) is -0.0581. The first-order valence-corrected chi connectivity index (χ1v) is 10.6. The molecular weight excluding hydrogens is 360 g/mol. The Kier molecular flexibility index (Phi) is 8.91. The van der Waals surface area contributed by atoms with Gasteiger partial charge in [-0.25, -0.2) is 0 Å². The van der Waals surface area contributed by atoms with E-state index < -0.39 is 6.04 Å². The quantitative estimate of drug-likeness (QED) is 0.638. The van der Waals surface area contributed by atoms with Gasteiger partial charge in [0.25, 0.3) is 0 Å². The van der Waals surface area contributed by atoms with Crippen LogP contribution in [0.25, 0.3) is 0 Å². The summed E-state index contributed by atoms with van der Waals surface area (Å²) in [4.78, 5) is 28.1. The standard InChI is InChI=1S/C25H34N2O2/c1-5-12-24(28)27(18-22-16-11-10-13-19(22)3)23(25(29)26-20(4)6-2)17-21-14-8-7-9-15-21/h7-11,13-16,20,23H,5-6,12,17-18H2,1-4H3,(H,26,29)/t20-,23-/m1/s1. The lowest BCUT2D eigenvalue weighted by Gasteiger charge is -2.32. The fourth-order valence-electron chi connectivity index (χ4n) is 3.32. The maximum absolute atomic E-state index is 13.2. The molecule has 0 radical (unpaired) electrons. The van der Waals surface area contributed by atoms with Gasteiger partial charge in [0, 0.05) is 25.4 Å². The number of nitrogens with one attached hydrogen (secondary N) is 1. The highest BCUT2D eigenvalue weighted by Crippen LogP contribution is 2.18. The second-order valence-electron chi connectivity index (χ2n) is 7.72. The van der Waals surface area contributed by atoms with Gasteiger partial charge in [-0.1, -0.05) is 68.4 Å². The molecule has 2 aromatic carbocycles. The summed E-state index contributed by atoms with van der Waals surface area (Å²) in [6, 6.07) is 17.5. The van der Waals surface area contributed by atoms with Gasteiger partial charge >= 0.3 is 0 Å². The SMILES string of the molecule is CCCC(=O)N(Cc1ccccc1C)[C@H](Cc1ccccc1)C(=O)N[C@H](C)CC. The average Bonchev–Trinajstić information content (AvgIpc) is 2.72. The predicted molar refractivity (Wildman–Crippen MR) is 118 cm³/mol. The van der Waals surface area contributed by atoms with Crippen molar-refractivity contribution in [3.05, 3.63) is 71.3 Å². The predicted octanol–water partition coefficient (Wildman–Crippen LogP) is 4.65. The topological polar surface area (TPSA) is 49.4 Å². The Bertz CT molecular complexity index is 788. The van der Waals surface area contributed by atoms with E-state index in [1.165, 1.54) is 0 Å². The molecule has 0 unspecified atom stereocenters. The summed E-state index contributed by atoms with van der Waals surface area (Å²) in [5.41, 5.74) is 3.25. The Morgan fingerprint density at radius 1 is 1.00 bits per heavy atom. The van der Waals surface area contributed by atoms with Gasteiger partial charge in [0.05, 0.1) is 0 Å². The van der Waals surface area contributed by atoms with E-state index in [0.29, 0.717) is 19.4 Å². The van der Waals surface area contributed by atoms with Crippen molar-refractivity contribution in [1.29, 1.82) is 0 Å². The highest BCUT2D eigenvalue weighted by Gasteiger charge is 2.30. The minimum atomic E-state index is -0.537. The Morgan fingerprint density at radius 3 is 2.28 bits per heavy atom. The first-order chi connectivity index (χ1) is 14.0. The fourth-order valence-corrected chi connectivity index (χ4v) is 3.32. The first-order valence-electron chi connectivity index (χ1n) is 10.6. The van der Waals surface area contributed by atoms with Crippen molar-refractivity contribution in [1.82, 2.24) is 10.2 Å². The van der Waals surface area contributed by atoms with Crippen molar-refractivity contribution >= 4 is 11.8 Å². The summed E-state index contributed by atoms with van der Waals surface area (Å²) in [5, 5.41) is 3.09. The monoisotopic (exact) mass is 394 g/mol. The van der Waals surface area contributed by atoms with Crippen molar-refractivity contribution in [2.75, 3.05) is 0 Å². The Balaban J connectivity index is 2.39. The molecule has 2 rings (SSSR count). The molecule has 2 amide bonds. The lowest BCUT2D eigenvalue weighted by atomic mass is 10.0. The van der Waals surface area contributed by atoms with Crippen LogP contribution in [0.15, 0.2) is 54.6 Å². The Morgan fingerprint density at radius 2 is 1.66 bits per heavy atom. The molecule has 1 N–H and O–H groups in total. The lowest BCUT2D eigenvalue weighted by molar-refractivity contribution is -0.141. The maximum atomic E-state index is 13.2. The summed E-state index contributed by atoms with van der Waals surface area (Å²) < 4.78 is 0. The number of benzene rings is 2. The summed E-state index contributed by atoms with van der Waals surface area (Å²) in [6.45, 7) is 8.52. The highest BCUT2D eigenvalue weighted by molar-refractivity contribution is 5.88. The van der Waals surface area contributed by atoms with E-state index in [9.17, 15) is 9.59 Å². The minimum absolute atomic E-state index is 0.0241. The van der Waals surface area contributed by atoms with Crippen molar-refractivity contribution < 1.29 is 9.59 Å². The van der Waals surface area contributed by atoms with Gasteiger partial charge in [-0.3, -0.25) is 9.59 Å². The zero-order valence-electron chi connectivity index (χ0n) is 18.2. The molecule has 2 atom stereocenters. The van der Waals surface area contributed by atoms with Gasteiger partial charge in [-0.15, -0.1) is 0 Å². The van der Waals surface area contributed by atoms with E-state index in [-0.39, 0.29) is 17.9 Å². The molecule has 0 heterocycles. The van der Waals surface area contributed by atoms with E-state index in [4.69, 9.17) is 0 Å². The van der Waals surface area contributed by atoms with Crippen LogP contribution in [0.5, 0.6) is 0 Å². The van der Waals surface area contributed by atoms with Crippen molar-refractivity contribution in [2.24, 2.45) is 0 Å². The molecule has 0 saturated carbocycles. The lowest BCUT2D eigenvalue weighted by Crippen LogP contribution is -2.52. The van der Waals surface area contributed by atoms with Gasteiger partial charge < -0.3 is 10.2 Å². The van der Waals surface area contributed by atoms with Crippen LogP contribution in [0.2, 0.25) is 0 Å². The van der Waals surface area contributed by atoms with Crippen LogP contribution in [0.3, 0.4) is 0 Å². The number of aryl methyl sites for hydroxylation is 1. The van der Waals surface area contributed by atoms with E-state index in [1.807, 2.05) is 82.3 Å². The molecule has 0 bridgehead atoms. The number of carbonyl (C=O) groups excluding carboxylic acids is 2. The molecule has 0 aliphatic heterocycles. The van der Waals surface area contributed by atoms with Crippen molar-refractivity contribution in [2.45, 2.75) is 72.0 Å². The highest BCUT2D eigenvalue weighted by atomic mass is 16.2. The third-order valence-corrected chi connectivity index (χ3v) is 5.34. The van der Waals surface area contributed by atoms with E-state index in [1.54, 1.807) is 4.90 Å². The van der Waals surface area contributed by atoms with Crippen molar-refractivity contribution in [3.8, 4) is 0 Å². The molecule has 0 spiro atoms. The number of nitrogens with zero attached hydrogens (tertiary/aromatic N) is 1. The number of hydrogen-bond donors (Lipinski definition) is 1. The van der Waals surface area contributed by atoms with Crippen LogP contribution < -0.4 is 5.32 Å². The third kappa shape index (κ3) is 6.74. The van der Waals surface area contributed by atoms with Crippen molar-refractivity contribution in [3.63, 3.8) is 0 Å². The second-order valence-corrected chi connectivity index (χ2v) is 7.72. The number of rotatable bonds is 10. The summed E-state index contributed by atoms with van der Waals surface area (Å²) >= 11 is 0. The van der Waals surface area contributed by atoms with Gasteiger partial charge in [-0.05, 0) is 43.4 Å². The molecule has 0 aliphatic carbocycles. The number of amides is 2. The maximum Gasteiger partial charge on any atom is 0.243 e. The van der Waals surface area contributed by atoms with Crippen LogP contribution in [-0.4, -0.2) is 28.8 Å². The summed E-state index contributed by atoms with van der Waals surface area (Å²) in [6.07, 6.45) is 2.55. The Hall–Kier alpha value is -2.62. The Labute approximate surface area is 175 Å². The molecule has 29 heavy (non-hydrogen) atoms. The molecule has 4 nitrogen and oxygen atoms in total. The molecule has 2 aromatic rings. The first kappa shape index (κ1) is 22.7. The average molecular weight is 395 g/mol. The van der Waals surface area contributed by atoms with Gasteiger partial charge in [0.2, 0.25) is 11.8 Å². The normalized spacial score (nSPS) is 12.8. The molecule has 4 heteroatoms. The molecule has 0 aliphatic rings. The number of carbonyl (C=O) groups is 2. The molecule has 156 valence electrons. The zero-order chi connectivity index (χ0) is 21.2. The van der Waals surface area contributed by atoms with Gasteiger partial charge in [0.15, 0.2) is 0 Å². The third-order valence-electron chi connectivity index (χ3n) is 5.34.